The van der Waals surface area contributed by atoms with Crippen molar-refractivity contribution in [1.29, 1.82) is 5.26 Å². The molecule has 21 heavy (non-hydrogen) atoms. The molecule has 0 saturated heterocycles. The number of benzene rings is 2. The van der Waals surface area contributed by atoms with Crippen molar-refractivity contribution in [2.45, 2.75) is 11.5 Å². The summed E-state index contributed by atoms with van der Waals surface area (Å²) in [5.74, 6) is -0.247. The summed E-state index contributed by atoms with van der Waals surface area (Å²) < 4.78 is 24.4. The van der Waals surface area contributed by atoms with E-state index in [-0.39, 0.29) is 11.5 Å². The summed E-state index contributed by atoms with van der Waals surface area (Å²) in [4.78, 5) is 0. The van der Waals surface area contributed by atoms with Crippen LogP contribution in [0.1, 0.15) is 16.7 Å². The average Bonchev–Trinajstić information content (AvgIpc) is 2.42. The third-order valence-electron chi connectivity index (χ3n) is 2.81. The minimum Gasteiger partial charge on any atom is -0.228 e. The Balaban J connectivity index is 2.18. The maximum atomic E-state index is 12.2. The number of hydrogen-bond acceptors (Lipinski definition) is 3. The van der Waals surface area contributed by atoms with Crippen LogP contribution in [0.4, 0.5) is 0 Å². The molecular formula is C15H11Cl2NO2S. The average molecular weight is 340 g/mol. The highest BCUT2D eigenvalue weighted by atomic mass is 35.5. The van der Waals surface area contributed by atoms with Gasteiger partial charge in [0.1, 0.15) is 0 Å². The zero-order chi connectivity index (χ0) is 15.5. The Hall–Kier alpha value is -1.54. The molecule has 0 aliphatic rings. The lowest BCUT2D eigenvalue weighted by Gasteiger charge is -2.06. The van der Waals surface area contributed by atoms with E-state index in [0.29, 0.717) is 26.7 Å². The summed E-state index contributed by atoms with van der Waals surface area (Å²) in [7, 11) is -3.35. The van der Waals surface area contributed by atoms with Gasteiger partial charge in [0.2, 0.25) is 0 Å². The third-order valence-corrected chi connectivity index (χ3v) is 5.10. The van der Waals surface area contributed by atoms with Crippen LogP contribution in [-0.4, -0.2) is 8.42 Å². The van der Waals surface area contributed by atoms with Crippen LogP contribution in [0.2, 0.25) is 10.0 Å². The number of rotatable bonds is 4. The molecule has 0 N–H and O–H groups in total. The molecule has 2 aromatic rings. The highest BCUT2D eigenvalue weighted by molar-refractivity contribution is 7.89. The number of nitrogens with zero attached hydrogens (tertiary/aromatic N) is 1. The van der Waals surface area contributed by atoms with Crippen LogP contribution in [0.3, 0.4) is 0 Å². The second-order valence-electron chi connectivity index (χ2n) is 4.59. The van der Waals surface area contributed by atoms with Gasteiger partial charge >= 0.3 is 0 Å². The Bertz CT molecular complexity index is 811. The molecule has 0 radical (unpaired) electrons. The second kappa shape index (κ2) is 6.48. The van der Waals surface area contributed by atoms with Gasteiger partial charge in [-0.1, -0.05) is 41.4 Å². The van der Waals surface area contributed by atoms with E-state index in [9.17, 15) is 8.42 Å². The molecule has 3 nitrogen and oxygen atoms in total. The number of hydrogen-bond donors (Lipinski definition) is 0. The van der Waals surface area contributed by atoms with E-state index >= 15 is 0 Å². The Morgan fingerprint density at radius 1 is 0.952 bits per heavy atom. The van der Waals surface area contributed by atoms with E-state index in [1.807, 2.05) is 6.07 Å². The zero-order valence-corrected chi connectivity index (χ0v) is 13.2. The van der Waals surface area contributed by atoms with Gasteiger partial charge in [0.15, 0.2) is 9.84 Å². The smallest absolute Gasteiger partial charge is 0.158 e. The lowest BCUT2D eigenvalue weighted by Crippen LogP contribution is -2.07. The molecule has 0 bridgehead atoms. The van der Waals surface area contributed by atoms with Crippen molar-refractivity contribution in [2.24, 2.45) is 0 Å². The van der Waals surface area contributed by atoms with E-state index in [1.54, 1.807) is 42.5 Å². The maximum Gasteiger partial charge on any atom is 0.158 e. The van der Waals surface area contributed by atoms with Gasteiger partial charge < -0.3 is 0 Å². The molecule has 0 saturated carbocycles. The van der Waals surface area contributed by atoms with Crippen molar-refractivity contribution < 1.29 is 8.42 Å². The first-order valence-electron chi connectivity index (χ1n) is 6.03. The van der Waals surface area contributed by atoms with Crippen molar-refractivity contribution in [3.8, 4) is 6.07 Å². The minimum absolute atomic E-state index is 0.122. The van der Waals surface area contributed by atoms with Gasteiger partial charge in [0, 0.05) is 0 Å². The molecular weight excluding hydrogens is 329 g/mol. The van der Waals surface area contributed by atoms with Crippen LogP contribution in [-0.2, 0) is 21.3 Å². The van der Waals surface area contributed by atoms with Crippen LogP contribution < -0.4 is 0 Å². The predicted octanol–water partition coefficient (Wildman–Crippen LogP) is 3.98. The topological polar surface area (TPSA) is 57.9 Å². The highest BCUT2D eigenvalue weighted by Crippen LogP contribution is 2.24. The highest BCUT2D eigenvalue weighted by Gasteiger charge is 2.14. The van der Waals surface area contributed by atoms with Crippen LogP contribution in [0.25, 0.3) is 0 Å². The first kappa shape index (κ1) is 15.8. The van der Waals surface area contributed by atoms with E-state index in [4.69, 9.17) is 28.5 Å². The van der Waals surface area contributed by atoms with Crippen LogP contribution in [0.5, 0.6) is 0 Å². The molecule has 0 aliphatic heterocycles. The largest absolute Gasteiger partial charge is 0.228 e. The maximum absolute atomic E-state index is 12.2. The quantitative estimate of drug-likeness (QED) is 0.846. The molecule has 0 atom stereocenters. The molecule has 0 unspecified atom stereocenters. The molecule has 2 aromatic carbocycles. The van der Waals surface area contributed by atoms with E-state index in [0.717, 1.165) is 0 Å². The van der Waals surface area contributed by atoms with Gasteiger partial charge in [-0.05, 0) is 35.4 Å². The van der Waals surface area contributed by atoms with Gasteiger partial charge in [-0.15, -0.1) is 0 Å². The first-order chi connectivity index (χ1) is 9.89. The first-order valence-corrected chi connectivity index (χ1v) is 8.61. The van der Waals surface area contributed by atoms with Gasteiger partial charge in [-0.2, -0.15) is 5.26 Å². The molecule has 6 heteroatoms. The lowest BCUT2D eigenvalue weighted by atomic mass is 10.2. The fraction of sp³-hybridized carbons (Fsp3) is 0.133. The van der Waals surface area contributed by atoms with Crippen LogP contribution in [0.15, 0.2) is 42.5 Å². The Morgan fingerprint density at radius 3 is 2.24 bits per heavy atom. The summed E-state index contributed by atoms with van der Waals surface area (Å²) in [5.41, 5.74) is 1.62. The SMILES string of the molecule is N#Cc1cccc(CS(=O)(=O)Cc2ccc(Cl)c(Cl)c2)c1. The summed E-state index contributed by atoms with van der Waals surface area (Å²) in [6.45, 7) is 0. The Labute approximate surface area is 133 Å². The second-order valence-corrected chi connectivity index (χ2v) is 7.47. The zero-order valence-electron chi connectivity index (χ0n) is 10.9. The molecule has 0 fully saturated rings. The van der Waals surface area contributed by atoms with Gasteiger partial charge in [0.25, 0.3) is 0 Å². The van der Waals surface area contributed by atoms with Gasteiger partial charge in [0.05, 0.1) is 33.2 Å². The van der Waals surface area contributed by atoms with Crippen molar-refractivity contribution in [1.82, 2.24) is 0 Å². The summed E-state index contributed by atoms with van der Waals surface area (Å²) in [6, 6.07) is 13.3. The fourth-order valence-electron chi connectivity index (χ4n) is 1.92. The molecule has 0 heterocycles. The number of nitriles is 1. The van der Waals surface area contributed by atoms with E-state index in [1.165, 1.54) is 0 Å². The third kappa shape index (κ3) is 4.47. The molecule has 0 aromatic heterocycles. The monoisotopic (exact) mass is 339 g/mol. The number of halogens is 2. The van der Waals surface area contributed by atoms with Crippen molar-refractivity contribution >= 4 is 33.0 Å². The van der Waals surface area contributed by atoms with Crippen molar-refractivity contribution in [3.63, 3.8) is 0 Å². The molecule has 0 amide bonds. The molecule has 0 spiro atoms. The van der Waals surface area contributed by atoms with Crippen molar-refractivity contribution in [3.05, 3.63) is 69.2 Å². The standard InChI is InChI=1S/C15H11Cl2NO2S/c16-14-5-4-13(7-15(14)17)10-21(19,20)9-12-3-1-2-11(6-12)8-18/h1-7H,9-10H2. The van der Waals surface area contributed by atoms with E-state index < -0.39 is 9.84 Å². The fourth-order valence-corrected chi connectivity index (χ4v) is 3.72. The lowest BCUT2D eigenvalue weighted by molar-refractivity contribution is 0.594. The minimum atomic E-state index is -3.35. The van der Waals surface area contributed by atoms with E-state index in [2.05, 4.69) is 0 Å². The summed E-state index contributed by atoms with van der Waals surface area (Å²) in [6.07, 6.45) is 0. The van der Waals surface area contributed by atoms with Gasteiger partial charge in [-0.3, -0.25) is 0 Å². The van der Waals surface area contributed by atoms with Crippen LogP contribution >= 0.6 is 23.2 Å². The normalized spacial score (nSPS) is 11.1. The molecule has 108 valence electrons. The molecule has 0 aliphatic carbocycles. The number of sulfone groups is 1. The molecule has 2 rings (SSSR count). The predicted molar refractivity (Wildman–Crippen MR) is 83.9 cm³/mol. The Morgan fingerprint density at radius 2 is 1.62 bits per heavy atom. The summed E-state index contributed by atoms with van der Waals surface area (Å²) in [5, 5.41) is 9.54. The Kier molecular flexibility index (Phi) is 4.89. The summed E-state index contributed by atoms with van der Waals surface area (Å²) >= 11 is 11.7. The van der Waals surface area contributed by atoms with Crippen LogP contribution in [0, 0.1) is 11.3 Å². The van der Waals surface area contributed by atoms with Gasteiger partial charge in [-0.25, -0.2) is 8.42 Å². The van der Waals surface area contributed by atoms with Crippen molar-refractivity contribution in [2.75, 3.05) is 0 Å².